The number of carbonyl (C=O) groups is 1. The van der Waals surface area contributed by atoms with E-state index in [4.69, 9.17) is 5.73 Å². The third-order valence-corrected chi connectivity index (χ3v) is 2.41. The highest BCUT2D eigenvalue weighted by Gasteiger charge is 2.10. The van der Waals surface area contributed by atoms with Crippen LogP contribution >= 0.6 is 11.8 Å². The lowest BCUT2D eigenvalue weighted by Crippen LogP contribution is -2.03. The van der Waals surface area contributed by atoms with Crippen LogP contribution in [-0.2, 0) is 4.74 Å². The normalized spacial score (nSPS) is 9.69. The molecule has 0 saturated heterocycles. The maximum atomic E-state index is 11.2. The van der Waals surface area contributed by atoms with Crippen molar-refractivity contribution in [2.45, 2.75) is 4.90 Å². The number of anilines is 1. The zero-order valence-corrected chi connectivity index (χ0v) is 8.35. The molecule has 0 radical (unpaired) electrons. The number of esters is 1. The van der Waals surface area contributed by atoms with Gasteiger partial charge in [-0.05, 0) is 24.5 Å². The van der Waals surface area contributed by atoms with Crippen LogP contribution < -0.4 is 5.73 Å². The van der Waals surface area contributed by atoms with Crippen LogP contribution in [0.5, 0.6) is 0 Å². The second kappa shape index (κ2) is 4.18. The molecule has 0 saturated carbocycles. The number of carbonyl (C=O) groups excluding carboxylic acids is 1. The van der Waals surface area contributed by atoms with E-state index < -0.39 is 0 Å². The minimum absolute atomic E-state index is 0.329. The van der Waals surface area contributed by atoms with Crippen molar-refractivity contribution in [2.24, 2.45) is 0 Å². The highest BCUT2D eigenvalue weighted by atomic mass is 32.2. The Morgan fingerprint density at radius 2 is 2.23 bits per heavy atom. The van der Waals surface area contributed by atoms with Crippen LogP contribution in [0.4, 0.5) is 5.69 Å². The highest BCUT2D eigenvalue weighted by Crippen LogP contribution is 2.23. The van der Waals surface area contributed by atoms with Crippen LogP contribution in [0.1, 0.15) is 10.4 Å². The summed E-state index contributed by atoms with van der Waals surface area (Å²) in [5.41, 5.74) is 6.79. The summed E-state index contributed by atoms with van der Waals surface area (Å²) in [7, 11) is 1.36. The number of nitrogens with two attached hydrogens (primary N) is 1. The molecule has 0 amide bonds. The Morgan fingerprint density at radius 3 is 2.77 bits per heavy atom. The summed E-state index contributed by atoms with van der Waals surface area (Å²) >= 11 is 1.47. The van der Waals surface area contributed by atoms with Crippen LogP contribution in [0.25, 0.3) is 0 Å². The van der Waals surface area contributed by atoms with Crippen LogP contribution in [0.3, 0.4) is 0 Å². The fourth-order valence-corrected chi connectivity index (χ4v) is 1.61. The zero-order valence-electron chi connectivity index (χ0n) is 7.53. The van der Waals surface area contributed by atoms with Gasteiger partial charge >= 0.3 is 5.97 Å². The Kier molecular flexibility index (Phi) is 3.19. The molecule has 4 heteroatoms. The third-order valence-electron chi connectivity index (χ3n) is 1.63. The third kappa shape index (κ3) is 2.15. The Hall–Kier alpha value is -1.16. The quantitative estimate of drug-likeness (QED) is 0.446. The van der Waals surface area contributed by atoms with Gasteiger partial charge in [0, 0.05) is 10.6 Å². The van der Waals surface area contributed by atoms with Gasteiger partial charge in [0.1, 0.15) is 0 Å². The van der Waals surface area contributed by atoms with Crippen molar-refractivity contribution in [2.75, 3.05) is 19.1 Å². The molecule has 0 aliphatic carbocycles. The van der Waals surface area contributed by atoms with Crippen molar-refractivity contribution in [1.29, 1.82) is 0 Å². The molecule has 0 fully saturated rings. The second-order valence-corrected chi connectivity index (χ2v) is 3.30. The number of hydrogen-bond acceptors (Lipinski definition) is 4. The standard InChI is InChI=1S/C9H11NO2S/c1-12-9(11)7-4-3-6(10)5-8(7)13-2/h3-5H,10H2,1-2H3. The van der Waals surface area contributed by atoms with E-state index in [2.05, 4.69) is 4.74 Å². The van der Waals surface area contributed by atoms with Crippen molar-refractivity contribution in [3.05, 3.63) is 23.8 Å². The Bertz CT molecular complexity index is 325. The molecular formula is C9H11NO2S. The fraction of sp³-hybridized carbons (Fsp3) is 0.222. The topological polar surface area (TPSA) is 52.3 Å². The molecule has 0 aliphatic heterocycles. The number of benzene rings is 1. The molecule has 0 bridgehead atoms. The Balaban J connectivity index is 3.13. The molecule has 70 valence electrons. The van der Waals surface area contributed by atoms with Crippen LogP contribution in [-0.4, -0.2) is 19.3 Å². The number of nitrogen functional groups attached to an aromatic ring is 1. The molecule has 1 rings (SSSR count). The number of hydrogen-bond donors (Lipinski definition) is 1. The molecular weight excluding hydrogens is 186 g/mol. The number of ether oxygens (including phenoxy) is 1. The van der Waals surface area contributed by atoms with Crippen LogP contribution in [0.2, 0.25) is 0 Å². The van der Waals surface area contributed by atoms with Crippen molar-refractivity contribution in [1.82, 2.24) is 0 Å². The summed E-state index contributed by atoms with van der Waals surface area (Å²) in [5.74, 6) is -0.329. The number of methoxy groups -OCH3 is 1. The van der Waals surface area contributed by atoms with E-state index in [0.717, 1.165) is 4.90 Å². The lowest BCUT2D eigenvalue weighted by Gasteiger charge is -2.05. The molecule has 13 heavy (non-hydrogen) atoms. The molecule has 2 N–H and O–H groups in total. The fourth-order valence-electron chi connectivity index (χ4n) is 0.986. The van der Waals surface area contributed by atoms with Gasteiger partial charge in [0.05, 0.1) is 12.7 Å². The lowest BCUT2D eigenvalue weighted by molar-refractivity contribution is 0.0597. The van der Waals surface area contributed by atoms with Crippen molar-refractivity contribution in [3.8, 4) is 0 Å². The van der Waals surface area contributed by atoms with Gasteiger partial charge in [-0.3, -0.25) is 0 Å². The van der Waals surface area contributed by atoms with Gasteiger partial charge < -0.3 is 10.5 Å². The summed E-state index contributed by atoms with van der Waals surface area (Å²) in [5, 5.41) is 0. The SMILES string of the molecule is COC(=O)c1ccc(N)cc1SC. The van der Waals surface area contributed by atoms with Gasteiger partial charge in [0.25, 0.3) is 0 Å². The van der Waals surface area contributed by atoms with Gasteiger partial charge in [-0.25, -0.2) is 4.79 Å². The first-order chi connectivity index (χ1) is 6.19. The summed E-state index contributed by atoms with van der Waals surface area (Å²) in [6.07, 6.45) is 1.89. The lowest BCUT2D eigenvalue weighted by atomic mass is 10.2. The van der Waals surface area contributed by atoms with Crippen LogP contribution in [0.15, 0.2) is 23.1 Å². The minimum Gasteiger partial charge on any atom is -0.465 e. The molecule has 0 heterocycles. The summed E-state index contributed by atoms with van der Waals surface area (Å²) in [4.78, 5) is 12.1. The van der Waals surface area contributed by atoms with E-state index in [0.29, 0.717) is 11.3 Å². The summed E-state index contributed by atoms with van der Waals surface area (Å²) in [6, 6.07) is 5.12. The van der Waals surface area contributed by atoms with Crippen molar-refractivity contribution >= 4 is 23.4 Å². The maximum Gasteiger partial charge on any atom is 0.338 e. The van der Waals surface area contributed by atoms with Gasteiger partial charge in [-0.2, -0.15) is 0 Å². The smallest absolute Gasteiger partial charge is 0.338 e. The Labute approximate surface area is 81.3 Å². The average Bonchev–Trinajstić information content (AvgIpc) is 2.16. The molecule has 3 nitrogen and oxygen atoms in total. The first kappa shape index (κ1) is 9.92. The molecule has 0 aliphatic rings. The first-order valence-electron chi connectivity index (χ1n) is 3.71. The largest absolute Gasteiger partial charge is 0.465 e. The monoisotopic (exact) mass is 197 g/mol. The molecule has 0 spiro atoms. The van der Waals surface area contributed by atoms with Crippen molar-refractivity contribution in [3.63, 3.8) is 0 Å². The Morgan fingerprint density at radius 1 is 1.54 bits per heavy atom. The predicted octanol–water partition coefficient (Wildman–Crippen LogP) is 1.78. The molecule has 0 atom stereocenters. The van der Waals surface area contributed by atoms with E-state index in [1.165, 1.54) is 18.9 Å². The molecule has 0 unspecified atom stereocenters. The highest BCUT2D eigenvalue weighted by molar-refractivity contribution is 7.98. The summed E-state index contributed by atoms with van der Waals surface area (Å²) < 4.78 is 4.63. The molecule has 1 aromatic rings. The van der Waals surface area contributed by atoms with E-state index in [1.807, 2.05) is 6.26 Å². The minimum atomic E-state index is -0.329. The molecule has 1 aromatic carbocycles. The second-order valence-electron chi connectivity index (χ2n) is 2.45. The van der Waals surface area contributed by atoms with Crippen molar-refractivity contribution < 1.29 is 9.53 Å². The van der Waals surface area contributed by atoms with E-state index in [-0.39, 0.29) is 5.97 Å². The average molecular weight is 197 g/mol. The van der Waals surface area contributed by atoms with Gasteiger partial charge in [-0.1, -0.05) is 0 Å². The zero-order chi connectivity index (χ0) is 9.84. The van der Waals surface area contributed by atoms with Crippen LogP contribution in [0, 0.1) is 0 Å². The van der Waals surface area contributed by atoms with E-state index in [9.17, 15) is 4.79 Å². The maximum absolute atomic E-state index is 11.2. The molecule has 0 aromatic heterocycles. The van der Waals surface area contributed by atoms with Gasteiger partial charge in [0.2, 0.25) is 0 Å². The number of thioether (sulfide) groups is 1. The predicted molar refractivity (Wildman–Crippen MR) is 54.0 cm³/mol. The van der Waals surface area contributed by atoms with Gasteiger partial charge in [0.15, 0.2) is 0 Å². The number of rotatable bonds is 2. The summed E-state index contributed by atoms with van der Waals surface area (Å²) in [6.45, 7) is 0. The first-order valence-corrected chi connectivity index (χ1v) is 4.93. The van der Waals surface area contributed by atoms with E-state index in [1.54, 1.807) is 18.2 Å². The van der Waals surface area contributed by atoms with Gasteiger partial charge in [-0.15, -0.1) is 11.8 Å². The van der Waals surface area contributed by atoms with E-state index >= 15 is 0 Å².